The first-order valence-corrected chi connectivity index (χ1v) is 27.4. The standard InChI is InChI=1S/C76H56N2/c1-75(2)65-31-19-17-29-58(65)60-37-34-54(46-67(60)75)62-48-73(78-71(51-25-13-7-14-26-51)41-42-72(78)52-27-15-8-16-28-52)74(55-35-38-61-59-30-18-20-32-66(59)76(3,4)68(61)47-55)64-44-53-33-36-57(43-56(53)45-63(62)64)77-69(49-21-9-5-10-22-49)39-40-70(77)50-23-11-6-12-24-50/h5-48H,1-4H3. The molecule has 0 spiro atoms. The van der Waals surface area contributed by atoms with Crippen LogP contribution in [0.2, 0.25) is 0 Å². The Labute approximate surface area is 456 Å². The van der Waals surface area contributed by atoms with Gasteiger partial charge in [-0.15, -0.1) is 0 Å². The van der Waals surface area contributed by atoms with E-state index >= 15 is 0 Å². The van der Waals surface area contributed by atoms with Gasteiger partial charge in [0, 0.05) is 22.1 Å². The van der Waals surface area contributed by atoms with E-state index in [0.717, 1.165) is 45.3 Å². The molecule has 0 radical (unpaired) electrons. The summed E-state index contributed by atoms with van der Waals surface area (Å²) in [6.07, 6.45) is 0. The SMILES string of the molecule is CC1(C)c2ccccc2-c2ccc(-c3cc(-n4c(-c5ccccc5)ccc4-c4ccccc4)c(-c4ccc5c(c4)C(C)(C)c4ccccc4-5)c4cc5ccc(-n6c(-c7ccccc7)ccc6-c6ccccc6)cc5cc34)cc21. The van der Waals surface area contributed by atoms with E-state index in [4.69, 9.17) is 0 Å². The molecule has 0 fully saturated rings. The van der Waals surface area contributed by atoms with Crippen LogP contribution in [0.25, 0.3) is 122 Å². The summed E-state index contributed by atoms with van der Waals surface area (Å²) in [5.74, 6) is 0. The minimum Gasteiger partial charge on any atom is -0.309 e. The van der Waals surface area contributed by atoms with Crippen molar-refractivity contribution < 1.29 is 0 Å². The molecule has 78 heavy (non-hydrogen) atoms. The molecule has 2 heteroatoms. The van der Waals surface area contributed by atoms with Crippen LogP contribution in [-0.2, 0) is 10.8 Å². The van der Waals surface area contributed by atoms with Crippen molar-refractivity contribution in [2.75, 3.05) is 0 Å². The number of nitrogens with zero attached hydrogens (tertiary/aromatic N) is 2. The van der Waals surface area contributed by atoms with Gasteiger partial charge in [-0.3, -0.25) is 0 Å². The lowest BCUT2D eigenvalue weighted by Gasteiger charge is -2.26. The van der Waals surface area contributed by atoms with Gasteiger partial charge in [-0.2, -0.15) is 0 Å². The zero-order chi connectivity index (χ0) is 52.3. The fraction of sp³-hybridized carbons (Fsp3) is 0.0789. The number of hydrogen-bond acceptors (Lipinski definition) is 0. The van der Waals surface area contributed by atoms with Gasteiger partial charge in [-0.25, -0.2) is 0 Å². The van der Waals surface area contributed by atoms with Gasteiger partial charge in [0.2, 0.25) is 0 Å². The third-order valence-corrected chi connectivity index (χ3v) is 17.4. The first-order chi connectivity index (χ1) is 38.2. The number of fused-ring (bicyclic) bond motifs is 8. The summed E-state index contributed by atoms with van der Waals surface area (Å²) in [6.45, 7) is 9.58. The predicted molar refractivity (Wildman–Crippen MR) is 328 cm³/mol. The molecule has 2 aliphatic carbocycles. The Morgan fingerprint density at radius 3 is 1.17 bits per heavy atom. The second-order valence-corrected chi connectivity index (χ2v) is 22.5. The Kier molecular flexibility index (Phi) is 10.3. The molecular weight excluding hydrogens is 941 g/mol. The van der Waals surface area contributed by atoms with Gasteiger partial charge in [-0.1, -0.05) is 228 Å². The van der Waals surface area contributed by atoms with Crippen molar-refractivity contribution in [2.45, 2.75) is 38.5 Å². The van der Waals surface area contributed by atoms with E-state index in [1.807, 2.05) is 0 Å². The number of aromatic nitrogens is 2. The average Bonchev–Trinajstić information content (AvgIpc) is 4.42. The molecule has 13 aromatic rings. The normalized spacial score (nSPS) is 13.6. The molecule has 0 unspecified atom stereocenters. The van der Waals surface area contributed by atoms with Crippen LogP contribution in [0.4, 0.5) is 0 Å². The predicted octanol–water partition coefficient (Wildman–Crippen LogP) is 20.2. The summed E-state index contributed by atoms with van der Waals surface area (Å²) in [6, 6.07) is 99.8. The highest BCUT2D eigenvalue weighted by Crippen LogP contribution is 2.54. The molecule has 0 N–H and O–H groups in total. The molecule has 2 aromatic heterocycles. The third kappa shape index (κ3) is 7.03. The highest BCUT2D eigenvalue weighted by atomic mass is 15.0. The van der Waals surface area contributed by atoms with E-state index in [1.165, 1.54) is 99.4 Å². The molecule has 0 saturated carbocycles. The van der Waals surface area contributed by atoms with Crippen LogP contribution in [0.5, 0.6) is 0 Å². The van der Waals surface area contributed by atoms with E-state index in [9.17, 15) is 0 Å². The third-order valence-electron chi connectivity index (χ3n) is 17.4. The average molecular weight is 997 g/mol. The van der Waals surface area contributed by atoms with Gasteiger partial charge >= 0.3 is 0 Å². The molecule has 370 valence electrons. The summed E-state index contributed by atoms with van der Waals surface area (Å²) >= 11 is 0. The van der Waals surface area contributed by atoms with Crippen LogP contribution in [0.15, 0.2) is 267 Å². The Morgan fingerprint density at radius 2 is 0.667 bits per heavy atom. The zero-order valence-corrected chi connectivity index (χ0v) is 44.3. The Bertz CT molecular complexity index is 4400. The van der Waals surface area contributed by atoms with Crippen LogP contribution >= 0.6 is 0 Å². The monoisotopic (exact) mass is 996 g/mol. The fourth-order valence-corrected chi connectivity index (χ4v) is 13.5. The van der Waals surface area contributed by atoms with E-state index in [1.54, 1.807) is 0 Å². The fourth-order valence-electron chi connectivity index (χ4n) is 13.5. The van der Waals surface area contributed by atoms with Crippen LogP contribution in [0.1, 0.15) is 49.9 Å². The Morgan fingerprint density at radius 1 is 0.256 bits per heavy atom. The Hall–Kier alpha value is -9.50. The summed E-state index contributed by atoms with van der Waals surface area (Å²) in [4.78, 5) is 0. The first kappa shape index (κ1) is 45.9. The van der Waals surface area contributed by atoms with Crippen molar-refractivity contribution in [3.63, 3.8) is 0 Å². The lowest BCUT2D eigenvalue weighted by Crippen LogP contribution is -2.15. The van der Waals surface area contributed by atoms with Crippen molar-refractivity contribution in [2.24, 2.45) is 0 Å². The molecule has 11 aromatic carbocycles. The first-order valence-electron chi connectivity index (χ1n) is 27.4. The van der Waals surface area contributed by atoms with Crippen molar-refractivity contribution in [1.29, 1.82) is 0 Å². The summed E-state index contributed by atoms with van der Waals surface area (Å²) in [5.41, 5.74) is 26.7. The molecule has 15 rings (SSSR count). The molecule has 0 atom stereocenters. The van der Waals surface area contributed by atoms with Crippen LogP contribution < -0.4 is 0 Å². The highest BCUT2D eigenvalue weighted by Gasteiger charge is 2.37. The van der Waals surface area contributed by atoms with Gasteiger partial charge in [0.1, 0.15) is 0 Å². The minimum atomic E-state index is -0.191. The van der Waals surface area contributed by atoms with E-state index < -0.39 is 0 Å². The molecule has 0 saturated heterocycles. The van der Waals surface area contributed by atoms with E-state index in [0.29, 0.717) is 0 Å². The van der Waals surface area contributed by atoms with E-state index in [-0.39, 0.29) is 10.8 Å². The lowest BCUT2D eigenvalue weighted by molar-refractivity contribution is 0.660. The van der Waals surface area contributed by atoms with Crippen molar-refractivity contribution >= 4 is 21.5 Å². The van der Waals surface area contributed by atoms with Gasteiger partial charge in [0.15, 0.2) is 0 Å². The van der Waals surface area contributed by atoms with Crippen LogP contribution in [0.3, 0.4) is 0 Å². The van der Waals surface area contributed by atoms with Crippen LogP contribution in [0, 0.1) is 0 Å². The maximum Gasteiger partial charge on any atom is 0.0553 e. The van der Waals surface area contributed by atoms with Crippen molar-refractivity contribution in [3.8, 4) is 101 Å². The van der Waals surface area contributed by atoms with Gasteiger partial charge < -0.3 is 9.13 Å². The number of rotatable bonds is 8. The number of benzene rings is 11. The maximum absolute atomic E-state index is 2.55. The van der Waals surface area contributed by atoms with Gasteiger partial charge in [0.25, 0.3) is 0 Å². The second-order valence-electron chi connectivity index (χ2n) is 22.5. The largest absolute Gasteiger partial charge is 0.309 e. The number of hydrogen-bond donors (Lipinski definition) is 0. The molecule has 2 heterocycles. The quantitative estimate of drug-likeness (QED) is 0.134. The smallest absolute Gasteiger partial charge is 0.0553 e. The summed E-state index contributed by atoms with van der Waals surface area (Å²) in [5, 5.41) is 4.79. The molecule has 0 bridgehead atoms. The maximum atomic E-state index is 2.55. The van der Waals surface area contributed by atoms with Crippen molar-refractivity contribution in [3.05, 3.63) is 289 Å². The molecule has 2 aliphatic rings. The minimum absolute atomic E-state index is 0.179. The molecule has 2 nitrogen and oxygen atoms in total. The lowest BCUT2D eigenvalue weighted by atomic mass is 9.80. The summed E-state index contributed by atoms with van der Waals surface area (Å²) in [7, 11) is 0. The van der Waals surface area contributed by atoms with Crippen LogP contribution in [-0.4, -0.2) is 9.13 Å². The topological polar surface area (TPSA) is 9.86 Å². The second kappa shape index (κ2) is 17.5. The van der Waals surface area contributed by atoms with Gasteiger partial charge in [0.05, 0.1) is 28.5 Å². The zero-order valence-electron chi connectivity index (χ0n) is 44.3. The van der Waals surface area contributed by atoms with E-state index in [2.05, 4.69) is 304 Å². The highest BCUT2D eigenvalue weighted by molar-refractivity contribution is 6.14. The Balaban J connectivity index is 1.06. The van der Waals surface area contributed by atoms with Gasteiger partial charge in [-0.05, 0) is 172 Å². The summed E-state index contributed by atoms with van der Waals surface area (Å²) < 4.78 is 5.00. The molecule has 0 aliphatic heterocycles. The molecule has 0 amide bonds. The van der Waals surface area contributed by atoms with Crippen molar-refractivity contribution in [1.82, 2.24) is 9.13 Å². The molecular formula is C76H56N2.